The van der Waals surface area contributed by atoms with Crippen LogP contribution in [-0.4, -0.2) is 72.8 Å². The monoisotopic (exact) mass is 318 g/mol. The van der Waals surface area contributed by atoms with Crippen molar-refractivity contribution in [2.24, 2.45) is 0 Å². The van der Waals surface area contributed by atoms with Crippen molar-refractivity contribution in [3.8, 4) is 0 Å². The molecule has 0 saturated heterocycles. The van der Waals surface area contributed by atoms with Crippen molar-refractivity contribution >= 4 is 28.9 Å². The number of carbonyl (C=O) groups excluding carboxylic acids is 5. The van der Waals surface area contributed by atoms with Crippen molar-refractivity contribution in [2.75, 3.05) is 6.61 Å². The van der Waals surface area contributed by atoms with Crippen molar-refractivity contribution < 1.29 is 44.4 Å². The van der Waals surface area contributed by atoms with Crippen LogP contribution in [0.5, 0.6) is 0 Å². The van der Waals surface area contributed by atoms with Crippen LogP contribution in [0, 0.1) is 0 Å². The molecule has 0 saturated carbocycles. The second kappa shape index (κ2) is 6.13. The normalized spacial score (nSPS) is 19.3. The van der Waals surface area contributed by atoms with Crippen LogP contribution in [0.1, 0.15) is 27.7 Å². The molecule has 0 fully saturated rings. The van der Waals surface area contributed by atoms with Crippen LogP contribution in [0.25, 0.3) is 0 Å². The minimum absolute atomic E-state index is 0.574. The standard InChI is InChI=1S/C13H18O9/c1-6(15)10(19)12(21,8(3)17)13(22,9(4)18)11(20,5-14)7(2)16/h14,20-22H,5H2,1-4H3/t11-,12-,13-/m1/s1. The zero-order chi connectivity index (χ0) is 18.1. The maximum atomic E-state index is 11.9. The van der Waals surface area contributed by atoms with Crippen LogP contribution in [-0.2, 0) is 24.0 Å². The lowest BCUT2D eigenvalue weighted by atomic mass is 9.63. The molecule has 0 aliphatic heterocycles. The van der Waals surface area contributed by atoms with Crippen molar-refractivity contribution in [1.29, 1.82) is 0 Å². The number of hydrogen-bond acceptors (Lipinski definition) is 9. The number of aliphatic hydroxyl groups is 4. The van der Waals surface area contributed by atoms with E-state index in [1.165, 1.54) is 0 Å². The highest BCUT2D eigenvalue weighted by molar-refractivity contribution is 6.45. The summed E-state index contributed by atoms with van der Waals surface area (Å²) in [6.07, 6.45) is 0. The average Bonchev–Trinajstić information content (AvgIpc) is 2.42. The Bertz CT molecular complexity index is 552. The summed E-state index contributed by atoms with van der Waals surface area (Å²) in [4.78, 5) is 58.2. The summed E-state index contributed by atoms with van der Waals surface area (Å²) in [7, 11) is 0. The van der Waals surface area contributed by atoms with Crippen LogP contribution in [0.15, 0.2) is 0 Å². The van der Waals surface area contributed by atoms with E-state index in [1.807, 2.05) is 0 Å². The SMILES string of the molecule is CC(=O)C(=O)[C@](O)(C(C)=O)[C@@](O)(C(C)=O)[C@@](O)(CO)C(C)=O. The molecular weight excluding hydrogens is 300 g/mol. The van der Waals surface area contributed by atoms with Gasteiger partial charge in [0.2, 0.25) is 17.0 Å². The highest BCUT2D eigenvalue weighted by Crippen LogP contribution is 2.37. The molecule has 4 N–H and O–H groups in total. The van der Waals surface area contributed by atoms with E-state index in [0.717, 1.165) is 0 Å². The lowest BCUT2D eigenvalue weighted by molar-refractivity contribution is -0.231. The van der Waals surface area contributed by atoms with E-state index < -0.39 is 52.3 Å². The quantitative estimate of drug-likeness (QED) is 0.271. The van der Waals surface area contributed by atoms with Crippen molar-refractivity contribution in [3.63, 3.8) is 0 Å². The molecule has 0 radical (unpaired) electrons. The minimum Gasteiger partial charge on any atom is -0.393 e. The lowest BCUT2D eigenvalue weighted by Gasteiger charge is -2.46. The smallest absolute Gasteiger partial charge is 0.240 e. The topological polar surface area (TPSA) is 166 Å². The third-order valence-electron chi connectivity index (χ3n) is 3.60. The summed E-state index contributed by atoms with van der Waals surface area (Å²) < 4.78 is 0. The fourth-order valence-corrected chi connectivity index (χ4v) is 2.16. The first-order valence-corrected chi connectivity index (χ1v) is 6.11. The lowest BCUT2D eigenvalue weighted by Crippen LogP contribution is -2.79. The Labute approximate surface area is 125 Å². The molecule has 0 aromatic carbocycles. The molecule has 9 nitrogen and oxygen atoms in total. The zero-order valence-corrected chi connectivity index (χ0v) is 12.5. The first-order chi connectivity index (χ1) is 9.74. The van der Waals surface area contributed by atoms with Gasteiger partial charge in [0.1, 0.15) is 0 Å². The number of hydrogen-bond donors (Lipinski definition) is 4. The second-order valence-electron chi connectivity index (χ2n) is 4.99. The van der Waals surface area contributed by atoms with Gasteiger partial charge in [0.15, 0.2) is 28.7 Å². The molecule has 3 atom stereocenters. The van der Waals surface area contributed by atoms with Gasteiger partial charge in [-0.2, -0.15) is 0 Å². The molecule has 0 unspecified atom stereocenters. The van der Waals surface area contributed by atoms with Gasteiger partial charge in [-0.25, -0.2) is 0 Å². The molecule has 124 valence electrons. The Morgan fingerprint density at radius 1 is 0.773 bits per heavy atom. The van der Waals surface area contributed by atoms with Gasteiger partial charge in [0.25, 0.3) is 0 Å². The summed E-state index contributed by atoms with van der Waals surface area (Å²) in [5.41, 5.74) is -10.8. The molecule has 0 spiro atoms. The molecule has 9 heteroatoms. The van der Waals surface area contributed by atoms with E-state index in [1.54, 1.807) is 0 Å². The largest absolute Gasteiger partial charge is 0.393 e. The molecule has 0 aliphatic rings. The van der Waals surface area contributed by atoms with E-state index in [-0.39, 0.29) is 0 Å². The molecule has 0 amide bonds. The predicted octanol–water partition coefficient (Wildman–Crippen LogP) is -2.90. The van der Waals surface area contributed by atoms with Crippen molar-refractivity contribution in [2.45, 2.75) is 44.5 Å². The molecule has 0 aliphatic carbocycles. The van der Waals surface area contributed by atoms with E-state index in [0.29, 0.717) is 27.7 Å². The summed E-state index contributed by atoms with van der Waals surface area (Å²) in [6, 6.07) is 0. The van der Waals surface area contributed by atoms with Gasteiger partial charge in [0.05, 0.1) is 6.61 Å². The number of carbonyl (C=O) groups is 5. The number of rotatable bonds is 8. The molecule has 0 bridgehead atoms. The maximum Gasteiger partial charge on any atom is 0.240 e. The van der Waals surface area contributed by atoms with E-state index in [4.69, 9.17) is 0 Å². The van der Waals surface area contributed by atoms with Gasteiger partial charge < -0.3 is 20.4 Å². The van der Waals surface area contributed by atoms with Crippen LogP contribution < -0.4 is 0 Å². The molecule has 22 heavy (non-hydrogen) atoms. The van der Waals surface area contributed by atoms with Gasteiger partial charge in [-0.1, -0.05) is 0 Å². The number of ketones is 5. The van der Waals surface area contributed by atoms with Crippen LogP contribution in [0.2, 0.25) is 0 Å². The Hall–Kier alpha value is -1.81. The van der Waals surface area contributed by atoms with Gasteiger partial charge in [-0.05, 0) is 20.8 Å². The van der Waals surface area contributed by atoms with Gasteiger partial charge in [-0.15, -0.1) is 0 Å². The van der Waals surface area contributed by atoms with Crippen LogP contribution in [0.3, 0.4) is 0 Å². The third kappa shape index (κ3) is 2.41. The first kappa shape index (κ1) is 20.2. The number of Topliss-reactive ketones (excluding diaryl/α,β-unsaturated/α-hetero) is 5. The fraction of sp³-hybridized carbons (Fsp3) is 0.615. The summed E-state index contributed by atoms with van der Waals surface area (Å²) >= 11 is 0. The first-order valence-electron chi connectivity index (χ1n) is 6.11. The van der Waals surface area contributed by atoms with E-state index in [9.17, 15) is 44.4 Å². The van der Waals surface area contributed by atoms with Gasteiger partial charge in [0, 0.05) is 6.92 Å². The zero-order valence-electron chi connectivity index (χ0n) is 12.5. The Morgan fingerprint density at radius 2 is 1.18 bits per heavy atom. The van der Waals surface area contributed by atoms with Crippen LogP contribution >= 0.6 is 0 Å². The summed E-state index contributed by atoms with van der Waals surface area (Å²) in [6.45, 7) is 0.877. The minimum atomic E-state index is -3.74. The second-order valence-corrected chi connectivity index (χ2v) is 4.99. The highest BCUT2D eigenvalue weighted by Gasteiger charge is 2.72. The van der Waals surface area contributed by atoms with E-state index >= 15 is 0 Å². The van der Waals surface area contributed by atoms with E-state index in [2.05, 4.69) is 0 Å². The predicted molar refractivity (Wildman–Crippen MR) is 69.7 cm³/mol. The fourth-order valence-electron chi connectivity index (χ4n) is 2.16. The average molecular weight is 318 g/mol. The molecule has 0 aromatic heterocycles. The van der Waals surface area contributed by atoms with Crippen molar-refractivity contribution in [1.82, 2.24) is 0 Å². The Balaban J connectivity index is 6.88. The molecule has 0 aromatic rings. The van der Waals surface area contributed by atoms with Crippen molar-refractivity contribution in [3.05, 3.63) is 0 Å². The Morgan fingerprint density at radius 3 is 1.36 bits per heavy atom. The number of aliphatic hydroxyl groups excluding tert-OH is 1. The third-order valence-corrected chi connectivity index (χ3v) is 3.60. The molecule has 0 heterocycles. The molecule has 0 rings (SSSR count). The summed E-state index contributed by atoms with van der Waals surface area (Å²) in [5.74, 6) is -7.82. The molecular formula is C13H18O9. The Kier molecular flexibility index (Phi) is 5.62. The van der Waals surface area contributed by atoms with Crippen LogP contribution in [0.4, 0.5) is 0 Å². The van der Waals surface area contributed by atoms with Gasteiger partial charge in [-0.3, -0.25) is 24.0 Å². The highest BCUT2D eigenvalue weighted by atomic mass is 16.4. The maximum absolute atomic E-state index is 11.9. The van der Waals surface area contributed by atoms with Gasteiger partial charge >= 0.3 is 0 Å². The summed E-state index contributed by atoms with van der Waals surface area (Å²) in [5, 5.41) is 40.1.